The largest absolute Gasteiger partial charge is 0.355 e. The Morgan fingerprint density at radius 1 is 1.00 bits per heavy atom. The zero-order chi connectivity index (χ0) is 15.6. The summed E-state index contributed by atoms with van der Waals surface area (Å²) in [6.07, 6.45) is 3.09. The minimum absolute atomic E-state index is 0.0509. The van der Waals surface area contributed by atoms with Crippen LogP contribution in [0.5, 0.6) is 0 Å². The fourth-order valence-electron chi connectivity index (χ4n) is 1.51. The molecule has 116 valence electrons. The summed E-state index contributed by atoms with van der Waals surface area (Å²) in [6.45, 7) is 7.91. The lowest BCUT2D eigenvalue weighted by atomic mass is 10.1. The molecule has 0 aliphatic rings. The quantitative estimate of drug-likeness (QED) is 0.671. The molecule has 0 radical (unpaired) electrons. The minimum atomic E-state index is -0.181. The zero-order valence-electron chi connectivity index (χ0n) is 12.9. The molecule has 0 heterocycles. The first-order valence-electron chi connectivity index (χ1n) is 6.92. The van der Waals surface area contributed by atoms with E-state index < -0.39 is 0 Å². The molecule has 0 fully saturated rings. The van der Waals surface area contributed by atoms with Crippen molar-refractivity contribution in [2.75, 3.05) is 12.3 Å². The van der Waals surface area contributed by atoms with E-state index >= 15 is 0 Å². The average Bonchev–Trinajstić information content (AvgIpc) is 2.28. The van der Waals surface area contributed by atoms with Crippen LogP contribution in [0.1, 0.15) is 53.4 Å². The fraction of sp³-hybridized carbons (Fsp3) is 0.786. The Hall–Kier alpha value is -1.04. The summed E-state index contributed by atoms with van der Waals surface area (Å²) in [6, 6.07) is 0. The van der Waals surface area contributed by atoms with Gasteiger partial charge < -0.3 is 10.6 Å². The molecule has 6 heteroatoms. The van der Waals surface area contributed by atoms with Crippen molar-refractivity contribution < 1.29 is 14.4 Å². The lowest BCUT2D eigenvalue weighted by molar-refractivity contribution is -0.122. The van der Waals surface area contributed by atoms with Crippen LogP contribution in [0, 0.1) is 0 Å². The predicted molar refractivity (Wildman–Crippen MR) is 82.5 cm³/mol. The Morgan fingerprint density at radius 2 is 1.65 bits per heavy atom. The molecule has 2 amide bonds. The van der Waals surface area contributed by atoms with Crippen molar-refractivity contribution in [3.8, 4) is 0 Å². The minimum Gasteiger partial charge on any atom is -0.355 e. The van der Waals surface area contributed by atoms with Gasteiger partial charge in [0, 0.05) is 25.4 Å². The molecule has 2 N–H and O–H groups in total. The van der Waals surface area contributed by atoms with Crippen LogP contribution in [0.3, 0.4) is 0 Å². The summed E-state index contributed by atoms with van der Waals surface area (Å²) >= 11 is 1.01. The third kappa shape index (κ3) is 13.4. The van der Waals surface area contributed by atoms with E-state index in [0.717, 1.165) is 31.0 Å². The van der Waals surface area contributed by atoms with Gasteiger partial charge in [0.1, 0.15) is 0 Å². The number of unbranched alkanes of at least 4 members (excludes halogenated alkanes) is 2. The van der Waals surface area contributed by atoms with Crippen molar-refractivity contribution >= 4 is 28.7 Å². The molecule has 0 aliphatic carbocycles. The molecule has 0 aromatic rings. The van der Waals surface area contributed by atoms with Gasteiger partial charge >= 0.3 is 0 Å². The summed E-state index contributed by atoms with van der Waals surface area (Å²) in [7, 11) is 0. The molecular formula is C14H26N2O3S. The van der Waals surface area contributed by atoms with E-state index in [1.54, 1.807) is 0 Å². The van der Waals surface area contributed by atoms with Gasteiger partial charge in [-0.15, -0.1) is 0 Å². The number of carbonyl (C=O) groups is 3. The van der Waals surface area contributed by atoms with Crippen LogP contribution in [-0.4, -0.2) is 34.8 Å². The highest BCUT2D eigenvalue weighted by Crippen LogP contribution is 2.04. The van der Waals surface area contributed by atoms with Crippen LogP contribution in [0.25, 0.3) is 0 Å². The summed E-state index contributed by atoms with van der Waals surface area (Å²) in [5, 5.41) is 5.61. The first-order valence-corrected chi connectivity index (χ1v) is 7.90. The Bertz CT molecular complexity index is 338. The number of hydrogen-bond donors (Lipinski definition) is 2. The third-order valence-electron chi connectivity index (χ3n) is 2.32. The fourth-order valence-corrected chi connectivity index (χ4v) is 1.95. The molecule has 0 rings (SSSR count). The van der Waals surface area contributed by atoms with Crippen molar-refractivity contribution in [2.45, 2.75) is 58.9 Å². The Morgan fingerprint density at radius 3 is 2.20 bits per heavy atom. The van der Waals surface area contributed by atoms with Crippen molar-refractivity contribution in [3.63, 3.8) is 0 Å². The molecule has 0 unspecified atom stereocenters. The van der Waals surface area contributed by atoms with Crippen LogP contribution in [0.2, 0.25) is 0 Å². The maximum atomic E-state index is 11.5. The Balaban J connectivity index is 3.47. The molecular weight excluding hydrogens is 276 g/mol. The van der Waals surface area contributed by atoms with E-state index in [9.17, 15) is 14.4 Å². The van der Waals surface area contributed by atoms with Crippen molar-refractivity contribution in [2.24, 2.45) is 0 Å². The predicted octanol–water partition coefficient (Wildman–Crippen LogP) is 1.86. The molecule has 0 saturated carbocycles. The van der Waals surface area contributed by atoms with Gasteiger partial charge in [-0.05, 0) is 33.6 Å². The van der Waals surface area contributed by atoms with Gasteiger partial charge in [0.25, 0.3) is 0 Å². The number of hydrogen-bond acceptors (Lipinski definition) is 4. The topological polar surface area (TPSA) is 75.3 Å². The molecule has 0 aliphatic heterocycles. The van der Waals surface area contributed by atoms with E-state index in [0.29, 0.717) is 13.0 Å². The molecule has 0 aromatic carbocycles. The van der Waals surface area contributed by atoms with Crippen LogP contribution in [0.4, 0.5) is 0 Å². The molecule has 0 spiro atoms. The van der Waals surface area contributed by atoms with Gasteiger partial charge in [-0.25, -0.2) is 0 Å². The maximum Gasteiger partial charge on any atom is 0.230 e. The lowest BCUT2D eigenvalue weighted by Gasteiger charge is -2.20. The van der Waals surface area contributed by atoms with Crippen LogP contribution in [0.15, 0.2) is 0 Å². The van der Waals surface area contributed by atoms with E-state index in [2.05, 4.69) is 10.6 Å². The van der Waals surface area contributed by atoms with Crippen molar-refractivity contribution in [1.29, 1.82) is 0 Å². The number of thioether (sulfide) groups is 1. The molecule has 0 aromatic heterocycles. The highest BCUT2D eigenvalue weighted by Gasteiger charge is 2.12. The number of carbonyl (C=O) groups excluding carboxylic acids is 3. The molecule has 0 atom stereocenters. The SMILES string of the molecule is CC(=O)SCC(=O)NCCCCCC(=O)NC(C)(C)C. The van der Waals surface area contributed by atoms with Crippen LogP contribution < -0.4 is 10.6 Å². The highest BCUT2D eigenvalue weighted by molar-refractivity contribution is 8.14. The molecule has 20 heavy (non-hydrogen) atoms. The zero-order valence-corrected chi connectivity index (χ0v) is 13.7. The number of amides is 2. The van der Waals surface area contributed by atoms with E-state index in [1.165, 1.54) is 6.92 Å². The smallest absolute Gasteiger partial charge is 0.230 e. The molecule has 0 saturated heterocycles. The summed E-state index contributed by atoms with van der Waals surface area (Å²) in [5.41, 5.74) is -0.181. The van der Waals surface area contributed by atoms with E-state index in [4.69, 9.17) is 0 Å². The van der Waals surface area contributed by atoms with E-state index in [-0.39, 0.29) is 28.2 Å². The molecule has 0 bridgehead atoms. The van der Waals surface area contributed by atoms with Crippen LogP contribution >= 0.6 is 11.8 Å². The monoisotopic (exact) mass is 302 g/mol. The van der Waals surface area contributed by atoms with E-state index in [1.807, 2.05) is 20.8 Å². The van der Waals surface area contributed by atoms with Crippen molar-refractivity contribution in [1.82, 2.24) is 10.6 Å². The highest BCUT2D eigenvalue weighted by atomic mass is 32.2. The Labute approximate surface area is 125 Å². The average molecular weight is 302 g/mol. The van der Waals surface area contributed by atoms with Gasteiger partial charge in [-0.2, -0.15) is 0 Å². The Kier molecular flexibility index (Phi) is 9.29. The summed E-state index contributed by atoms with van der Waals surface area (Å²) < 4.78 is 0. The number of nitrogens with one attached hydrogen (secondary N) is 2. The normalized spacial score (nSPS) is 11.0. The van der Waals surface area contributed by atoms with Crippen LogP contribution in [-0.2, 0) is 14.4 Å². The third-order valence-corrected chi connectivity index (χ3v) is 3.14. The van der Waals surface area contributed by atoms with Gasteiger partial charge in [0.15, 0.2) is 5.12 Å². The van der Waals surface area contributed by atoms with Gasteiger partial charge in [0.05, 0.1) is 5.75 Å². The summed E-state index contributed by atoms with van der Waals surface area (Å²) in [4.78, 5) is 33.5. The van der Waals surface area contributed by atoms with Crippen molar-refractivity contribution in [3.05, 3.63) is 0 Å². The van der Waals surface area contributed by atoms with Gasteiger partial charge in [-0.3, -0.25) is 14.4 Å². The van der Waals surface area contributed by atoms with Gasteiger partial charge in [0.2, 0.25) is 11.8 Å². The molecule has 5 nitrogen and oxygen atoms in total. The van der Waals surface area contributed by atoms with Gasteiger partial charge in [-0.1, -0.05) is 18.2 Å². The summed E-state index contributed by atoms with van der Waals surface area (Å²) in [5.74, 6) is 0.138. The maximum absolute atomic E-state index is 11.5. The second kappa shape index (κ2) is 9.80. The second-order valence-corrected chi connectivity index (χ2v) is 6.89. The standard InChI is InChI=1S/C14H26N2O3S/c1-11(17)20-10-13(19)15-9-7-5-6-8-12(18)16-14(2,3)4/h5-10H2,1-4H3,(H,15,19)(H,16,18). The first-order chi connectivity index (χ1) is 9.20. The first kappa shape index (κ1) is 19.0. The number of rotatable bonds is 8. The lowest BCUT2D eigenvalue weighted by Crippen LogP contribution is -2.40. The second-order valence-electron chi connectivity index (χ2n) is 5.74.